The van der Waals surface area contributed by atoms with Crippen LogP contribution >= 0.6 is 0 Å². The highest BCUT2D eigenvalue weighted by molar-refractivity contribution is 5.90. The molecule has 2 aliphatic rings. The van der Waals surface area contributed by atoms with Gasteiger partial charge in [-0.05, 0) is 19.3 Å². The van der Waals surface area contributed by atoms with Gasteiger partial charge in [0.05, 0.1) is 26.0 Å². The summed E-state index contributed by atoms with van der Waals surface area (Å²) in [5.74, 6) is 1.86. The Morgan fingerprint density at radius 2 is 1.88 bits per heavy atom. The van der Waals surface area contributed by atoms with Crippen LogP contribution in [-0.4, -0.2) is 53.2 Å². The summed E-state index contributed by atoms with van der Waals surface area (Å²) in [6.07, 6.45) is 5.34. The third-order valence-electron chi connectivity index (χ3n) is 4.95. The number of hydrogen-bond donors (Lipinski definition) is 1. The summed E-state index contributed by atoms with van der Waals surface area (Å²) in [5, 5.41) is 11.4. The van der Waals surface area contributed by atoms with E-state index in [4.69, 9.17) is 9.47 Å². The summed E-state index contributed by atoms with van der Waals surface area (Å²) in [7, 11) is 3.17. The first-order valence-corrected chi connectivity index (χ1v) is 8.87. The van der Waals surface area contributed by atoms with Crippen LogP contribution in [-0.2, 0) is 0 Å². The predicted molar refractivity (Wildman–Crippen MR) is 95.8 cm³/mol. The van der Waals surface area contributed by atoms with Gasteiger partial charge in [-0.2, -0.15) is 0 Å². The van der Waals surface area contributed by atoms with Crippen molar-refractivity contribution in [1.82, 2.24) is 19.9 Å². The number of nitrogens with zero attached hydrogens (tertiary/aromatic N) is 4. The van der Waals surface area contributed by atoms with E-state index in [1.54, 1.807) is 37.3 Å². The van der Waals surface area contributed by atoms with Crippen LogP contribution < -0.4 is 14.8 Å². The Kier molecular flexibility index (Phi) is 4.40. The molecule has 1 saturated carbocycles. The summed E-state index contributed by atoms with van der Waals surface area (Å²) in [6.45, 7) is 1.32. The van der Waals surface area contributed by atoms with Gasteiger partial charge in [0.2, 0.25) is 0 Å². The van der Waals surface area contributed by atoms with Crippen molar-refractivity contribution < 1.29 is 14.3 Å². The molecule has 0 radical (unpaired) electrons. The maximum Gasteiger partial charge on any atom is 0.321 e. The van der Waals surface area contributed by atoms with E-state index in [0.29, 0.717) is 36.2 Å². The van der Waals surface area contributed by atoms with Crippen LogP contribution in [0.25, 0.3) is 0 Å². The summed E-state index contributed by atoms with van der Waals surface area (Å²) >= 11 is 0. The van der Waals surface area contributed by atoms with Crippen LogP contribution in [0, 0.1) is 0 Å². The van der Waals surface area contributed by atoms with Gasteiger partial charge in [0.1, 0.15) is 11.5 Å². The van der Waals surface area contributed by atoms with Crippen molar-refractivity contribution >= 4 is 11.7 Å². The van der Waals surface area contributed by atoms with E-state index >= 15 is 0 Å². The van der Waals surface area contributed by atoms with Crippen molar-refractivity contribution in [2.45, 2.75) is 31.2 Å². The zero-order chi connectivity index (χ0) is 18.1. The monoisotopic (exact) mass is 357 g/mol. The highest BCUT2D eigenvalue weighted by Crippen LogP contribution is 2.39. The molecule has 2 amide bonds. The van der Waals surface area contributed by atoms with E-state index in [-0.39, 0.29) is 12.1 Å². The van der Waals surface area contributed by atoms with Crippen molar-refractivity contribution in [2.75, 3.05) is 32.6 Å². The quantitative estimate of drug-likeness (QED) is 0.890. The van der Waals surface area contributed by atoms with Gasteiger partial charge in [-0.3, -0.25) is 0 Å². The summed E-state index contributed by atoms with van der Waals surface area (Å²) in [5.41, 5.74) is 1.72. The average Bonchev–Trinajstić information content (AvgIpc) is 3.19. The fourth-order valence-corrected chi connectivity index (χ4v) is 3.26. The van der Waals surface area contributed by atoms with Crippen LogP contribution in [0.5, 0.6) is 11.5 Å². The number of aromatic nitrogens is 3. The summed E-state index contributed by atoms with van der Waals surface area (Å²) in [4.78, 5) is 14.4. The first-order chi connectivity index (χ1) is 12.7. The van der Waals surface area contributed by atoms with Gasteiger partial charge in [0.15, 0.2) is 0 Å². The number of anilines is 1. The minimum atomic E-state index is -0.134. The molecule has 2 fully saturated rings. The van der Waals surface area contributed by atoms with Crippen LogP contribution in [0.15, 0.2) is 24.4 Å². The maximum absolute atomic E-state index is 12.6. The van der Waals surface area contributed by atoms with E-state index in [0.717, 1.165) is 12.1 Å². The van der Waals surface area contributed by atoms with E-state index in [1.807, 2.05) is 10.9 Å². The number of nitrogens with one attached hydrogen (secondary N) is 1. The van der Waals surface area contributed by atoms with E-state index in [1.165, 1.54) is 12.8 Å². The van der Waals surface area contributed by atoms with Gasteiger partial charge in [-0.1, -0.05) is 5.21 Å². The summed E-state index contributed by atoms with van der Waals surface area (Å²) < 4.78 is 12.4. The topological polar surface area (TPSA) is 81.5 Å². The molecule has 2 aromatic rings. The number of amides is 2. The third-order valence-corrected chi connectivity index (χ3v) is 4.95. The molecule has 1 aromatic heterocycles. The van der Waals surface area contributed by atoms with E-state index in [2.05, 4.69) is 15.6 Å². The molecule has 138 valence electrons. The summed E-state index contributed by atoms with van der Waals surface area (Å²) in [6, 6.07) is 5.36. The molecule has 1 aromatic carbocycles. The average molecular weight is 357 g/mol. The lowest BCUT2D eigenvalue weighted by atomic mass is 10.2. The zero-order valence-corrected chi connectivity index (χ0v) is 15.0. The standard InChI is InChI=1S/C18H23N5O3/c1-25-15-7-13(8-16(9-15)26-2)19-18(24)22-6-5-14(10-22)23-11-17(20-21-23)12-3-4-12/h7-9,11-12,14H,3-6,10H2,1-2H3,(H,19,24). The largest absolute Gasteiger partial charge is 0.497 e. The number of likely N-dealkylation sites (tertiary alicyclic amines) is 1. The smallest absolute Gasteiger partial charge is 0.321 e. The fraction of sp³-hybridized carbons (Fsp3) is 0.500. The minimum absolute atomic E-state index is 0.134. The van der Waals surface area contributed by atoms with Crippen molar-refractivity contribution in [1.29, 1.82) is 0 Å². The van der Waals surface area contributed by atoms with Gasteiger partial charge in [0.25, 0.3) is 0 Å². The van der Waals surface area contributed by atoms with Crippen LogP contribution in [0.4, 0.5) is 10.5 Å². The predicted octanol–water partition coefficient (Wildman–Crippen LogP) is 2.65. The van der Waals surface area contributed by atoms with Crippen LogP contribution in [0.1, 0.15) is 36.9 Å². The number of hydrogen-bond acceptors (Lipinski definition) is 5. The zero-order valence-electron chi connectivity index (χ0n) is 15.0. The lowest BCUT2D eigenvalue weighted by Crippen LogP contribution is -2.33. The Morgan fingerprint density at radius 1 is 1.15 bits per heavy atom. The number of ether oxygens (including phenoxy) is 2. The molecule has 4 rings (SSSR count). The van der Waals surface area contributed by atoms with Crippen LogP contribution in [0.3, 0.4) is 0 Å². The molecule has 0 bridgehead atoms. The number of carbonyl (C=O) groups is 1. The Labute approximate surface area is 152 Å². The highest BCUT2D eigenvalue weighted by atomic mass is 16.5. The molecule has 8 nitrogen and oxygen atoms in total. The molecular weight excluding hydrogens is 334 g/mol. The Balaban J connectivity index is 1.39. The molecule has 1 atom stereocenters. The molecule has 1 aliphatic carbocycles. The van der Waals surface area contributed by atoms with Crippen LogP contribution in [0.2, 0.25) is 0 Å². The SMILES string of the molecule is COc1cc(NC(=O)N2CCC(n3cc(C4CC4)nn3)C2)cc(OC)c1. The number of urea groups is 1. The first kappa shape index (κ1) is 16.7. The maximum atomic E-state index is 12.6. The molecule has 1 aliphatic heterocycles. The molecule has 8 heteroatoms. The molecule has 1 N–H and O–H groups in total. The number of rotatable bonds is 5. The molecular formula is C18H23N5O3. The first-order valence-electron chi connectivity index (χ1n) is 8.87. The molecule has 1 saturated heterocycles. The fourth-order valence-electron chi connectivity index (χ4n) is 3.26. The van der Waals surface area contributed by atoms with Gasteiger partial charge in [-0.15, -0.1) is 5.10 Å². The van der Waals surface area contributed by atoms with Crippen molar-refractivity contribution in [3.8, 4) is 11.5 Å². The van der Waals surface area contributed by atoms with Gasteiger partial charge >= 0.3 is 6.03 Å². The van der Waals surface area contributed by atoms with Crippen molar-refractivity contribution in [3.05, 3.63) is 30.1 Å². The van der Waals surface area contributed by atoms with Gasteiger partial charge in [-0.25, -0.2) is 9.48 Å². The third kappa shape index (κ3) is 3.44. The number of methoxy groups -OCH3 is 2. The normalized spacial score (nSPS) is 19.5. The second-order valence-electron chi connectivity index (χ2n) is 6.82. The molecule has 2 heterocycles. The van der Waals surface area contributed by atoms with Gasteiger partial charge in [0, 0.05) is 49.1 Å². The minimum Gasteiger partial charge on any atom is -0.497 e. The van der Waals surface area contributed by atoms with Crippen molar-refractivity contribution in [2.24, 2.45) is 0 Å². The Hall–Kier alpha value is -2.77. The number of carbonyl (C=O) groups excluding carboxylic acids is 1. The van der Waals surface area contributed by atoms with Gasteiger partial charge < -0.3 is 19.7 Å². The lowest BCUT2D eigenvalue weighted by molar-refractivity contribution is 0.220. The molecule has 1 unspecified atom stereocenters. The molecule has 0 spiro atoms. The van der Waals surface area contributed by atoms with Crippen molar-refractivity contribution in [3.63, 3.8) is 0 Å². The highest BCUT2D eigenvalue weighted by Gasteiger charge is 2.31. The second kappa shape index (κ2) is 6.86. The number of benzene rings is 1. The Morgan fingerprint density at radius 3 is 2.54 bits per heavy atom. The van der Waals surface area contributed by atoms with E-state index < -0.39 is 0 Å². The lowest BCUT2D eigenvalue weighted by Gasteiger charge is -2.18. The Bertz CT molecular complexity index is 780. The second-order valence-corrected chi connectivity index (χ2v) is 6.82. The van der Waals surface area contributed by atoms with E-state index in [9.17, 15) is 4.79 Å². The molecule has 26 heavy (non-hydrogen) atoms.